The zero-order valence-corrected chi connectivity index (χ0v) is 23.3. The highest BCUT2D eigenvalue weighted by molar-refractivity contribution is 7.99. The maximum atomic E-state index is 13.3. The summed E-state index contributed by atoms with van der Waals surface area (Å²) in [4.78, 5) is 30.0. The average Bonchev–Trinajstić information content (AvgIpc) is 2.81. The van der Waals surface area contributed by atoms with Gasteiger partial charge in [0.25, 0.3) is 0 Å². The number of rotatable bonds is 13. The van der Waals surface area contributed by atoms with Gasteiger partial charge in [-0.3, -0.25) is 4.79 Å². The Morgan fingerprint density at radius 1 is 1.14 bits per heavy atom. The number of aromatic nitrogens is 1. The second kappa shape index (κ2) is 15.6. The number of nitrogens with zero attached hydrogens (tertiary/aromatic N) is 1. The summed E-state index contributed by atoms with van der Waals surface area (Å²) in [6.07, 6.45) is 10.2. The number of alkyl carbamates (subject to hydrolysis) is 1. The summed E-state index contributed by atoms with van der Waals surface area (Å²) in [5.41, 5.74) is -0.643. The molecule has 3 atom stereocenters. The highest BCUT2D eigenvalue weighted by atomic mass is 32.2. The molecular formula is C26H43N3O4S2. The second-order valence-corrected chi connectivity index (χ2v) is 12.3. The molecule has 1 saturated carbocycles. The fraction of sp³-hybridized carbons (Fsp3) is 0.731. The van der Waals surface area contributed by atoms with Gasteiger partial charge in [-0.2, -0.15) is 11.8 Å². The molecule has 1 aromatic rings. The molecule has 1 aliphatic rings. The number of hydrogen-bond acceptors (Lipinski definition) is 7. The minimum atomic E-state index is -0.707. The lowest BCUT2D eigenvalue weighted by atomic mass is 9.83. The first-order valence-electron chi connectivity index (χ1n) is 12.7. The van der Waals surface area contributed by atoms with Gasteiger partial charge in [-0.1, -0.05) is 38.2 Å². The van der Waals surface area contributed by atoms with E-state index in [1.807, 2.05) is 24.5 Å². The van der Waals surface area contributed by atoms with Crippen molar-refractivity contribution in [2.45, 2.75) is 101 Å². The van der Waals surface area contributed by atoms with Gasteiger partial charge in [-0.25, -0.2) is 9.78 Å². The Kier molecular flexibility index (Phi) is 13.3. The van der Waals surface area contributed by atoms with E-state index in [2.05, 4.69) is 15.6 Å². The lowest BCUT2D eigenvalue weighted by Crippen LogP contribution is -2.53. The minimum Gasteiger partial charge on any atom is -0.444 e. The molecule has 7 nitrogen and oxygen atoms in total. The van der Waals surface area contributed by atoms with E-state index < -0.39 is 23.8 Å². The van der Waals surface area contributed by atoms with Gasteiger partial charge in [0, 0.05) is 11.9 Å². The first-order valence-corrected chi connectivity index (χ1v) is 15.1. The summed E-state index contributed by atoms with van der Waals surface area (Å²) in [6.45, 7) is 5.38. The van der Waals surface area contributed by atoms with Crippen molar-refractivity contribution in [3.63, 3.8) is 0 Å². The molecule has 1 aromatic heterocycles. The fourth-order valence-electron chi connectivity index (χ4n) is 4.25. The van der Waals surface area contributed by atoms with E-state index in [0.29, 0.717) is 24.5 Å². The lowest BCUT2D eigenvalue weighted by molar-refractivity contribution is -0.125. The van der Waals surface area contributed by atoms with Crippen molar-refractivity contribution in [1.82, 2.24) is 15.6 Å². The molecule has 9 heteroatoms. The molecule has 0 spiro atoms. The van der Waals surface area contributed by atoms with Gasteiger partial charge in [0.1, 0.15) is 11.6 Å². The van der Waals surface area contributed by atoms with Crippen LogP contribution in [0.25, 0.3) is 0 Å². The maximum Gasteiger partial charge on any atom is 0.408 e. The van der Waals surface area contributed by atoms with E-state index in [1.165, 1.54) is 19.3 Å². The first kappa shape index (κ1) is 29.8. The summed E-state index contributed by atoms with van der Waals surface area (Å²) in [5.74, 6) is 1.67. The third kappa shape index (κ3) is 12.4. The van der Waals surface area contributed by atoms with Crippen LogP contribution >= 0.6 is 23.5 Å². The average molecular weight is 526 g/mol. The first-order chi connectivity index (χ1) is 16.7. The minimum absolute atomic E-state index is 0.262. The summed E-state index contributed by atoms with van der Waals surface area (Å²) < 4.78 is 5.37. The number of aliphatic hydroxyl groups is 1. The Balaban J connectivity index is 2.02. The van der Waals surface area contributed by atoms with E-state index >= 15 is 0 Å². The predicted molar refractivity (Wildman–Crippen MR) is 145 cm³/mol. The standard InChI is InChI=1S/C26H43N3O4S2/c1-26(2,3)33-25(32)29-20(13-16-34-4)24(31)28-21(18-19-10-6-5-7-11-19)22(30)14-17-35-23-12-8-9-15-27-23/h8-9,12,15,19-22,30H,5-7,10-11,13-14,16-18H2,1-4H3,(H,28,31)(H,29,32)/t20-,21-,22-/m0/s1. The molecule has 0 radical (unpaired) electrons. The van der Waals surface area contributed by atoms with E-state index in [1.54, 1.807) is 50.5 Å². The number of carbonyl (C=O) groups excluding carboxylic acids is 2. The van der Waals surface area contributed by atoms with Crippen molar-refractivity contribution in [3.05, 3.63) is 24.4 Å². The molecule has 1 fully saturated rings. The number of ether oxygens (including phenoxy) is 1. The van der Waals surface area contributed by atoms with Gasteiger partial charge in [-0.15, -0.1) is 11.8 Å². The molecule has 35 heavy (non-hydrogen) atoms. The Hall–Kier alpha value is -1.45. The van der Waals surface area contributed by atoms with Crippen molar-refractivity contribution in [2.75, 3.05) is 17.8 Å². The Morgan fingerprint density at radius 2 is 1.89 bits per heavy atom. The smallest absolute Gasteiger partial charge is 0.408 e. The largest absolute Gasteiger partial charge is 0.444 e. The number of nitrogens with one attached hydrogen (secondary N) is 2. The maximum absolute atomic E-state index is 13.3. The molecule has 2 rings (SSSR count). The highest BCUT2D eigenvalue weighted by Crippen LogP contribution is 2.29. The summed E-state index contributed by atoms with van der Waals surface area (Å²) in [7, 11) is 0. The predicted octanol–water partition coefficient (Wildman–Crippen LogP) is 5.03. The molecule has 1 heterocycles. The molecular weight excluding hydrogens is 482 g/mol. The van der Waals surface area contributed by atoms with Gasteiger partial charge >= 0.3 is 6.09 Å². The highest BCUT2D eigenvalue weighted by Gasteiger charge is 2.30. The van der Waals surface area contributed by atoms with Crippen LogP contribution < -0.4 is 10.6 Å². The van der Waals surface area contributed by atoms with Crippen LogP contribution in [0.15, 0.2) is 29.4 Å². The van der Waals surface area contributed by atoms with Crippen LogP contribution in [-0.4, -0.2) is 63.6 Å². The Morgan fingerprint density at radius 3 is 2.51 bits per heavy atom. The van der Waals surface area contributed by atoms with Gasteiger partial charge in [-0.05, 0) is 70.1 Å². The van der Waals surface area contributed by atoms with Crippen molar-refractivity contribution in [2.24, 2.45) is 5.92 Å². The van der Waals surface area contributed by atoms with Gasteiger partial charge in [0.15, 0.2) is 0 Å². The van der Waals surface area contributed by atoms with Crippen molar-refractivity contribution >= 4 is 35.5 Å². The monoisotopic (exact) mass is 525 g/mol. The molecule has 198 valence electrons. The van der Waals surface area contributed by atoms with Crippen LogP contribution in [-0.2, 0) is 9.53 Å². The summed E-state index contributed by atoms with van der Waals surface area (Å²) in [5, 5.41) is 17.9. The summed E-state index contributed by atoms with van der Waals surface area (Å²) >= 11 is 3.22. The molecule has 0 bridgehead atoms. The number of thioether (sulfide) groups is 2. The van der Waals surface area contributed by atoms with Crippen LogP contribution in [0.2, 0.25) is 0 Å². The quantitative estimate of drug-likeness (QED) is 0.311. The molecule has 1 aliphatic carbocycles. The topological polar surface area (TPSA) is 101 Å². The van der Waals surface area contributed by atoms with Gasteiger partial charge in [0.05, 0.1) is 17.2 Å². The summed E-state index contributed by atoms with van der Waals surface area (Å²) in [6, 6.07) is 4.72. The second-order valence-electron chi connectivity index (χ2n) is 10.2. The van der Waals surface area contributed by atoms with Crippen LogP contribution in [0.3, 0.4) is 0 Å². The van der Waals surface area contributed by atoms with Crippen molar-refractivity contribution in [3.8, 4) is 0 Å². The van der Waals surface area contributed by atoms with Crippen molar-refractivity contribution in [1.29, 1.82) is 0 Å². The van der Waals surface area contributed by atoms with Crippen LogP contribution in [0.5, 0.6) is 0 Å². The fourth-order valence-corrected chi connectivity index (χ4v) is 5.60. The Labute approximate surface area is 219 Å². The zero-order valence-electron chi connectivity index (χ0n) is 21.6. The number of hydrogen-bond donors (Lipinski definition) is 3. The molecule has 0 saturated heterocycles. The Bertz CT molecular complexity index is 755. The molecule has 0 aromatic carbocycles. The van der Waals surface area contributed by atoms with E-state index in [4.69, 9.17) is 4.74 Å². The molecule has 2 amide bonds. The number of amides is 2. The lowest BCUT2D eigenvalue weighted by Gasteiger charge is -2.31. The van der Waals surface area contributed by atoms with Gasteiger partial charge in [0.2, 0.25) is 5.91 Å². The van der Waals surface area contributed by atoms with Gasteiger partial charge < -0.3 is 20.5 Å². The zero-order chi connectivity index (χ0) is 25.7. The number of aliphatic hydroxyl groups excluding tert-OH is 1. The number of carbonyl (C=O) groups is 2. The van der Waals surface area contributed by atoms with E-state index in [-0.39, 0.29) is 11.9 Å². The number of pyridine rings is 1. The van der Waals surface area contributed by atoms with Crippen LogP contribution in [0, 0.1) is 5.92 Å². The van der Waals surface area contributed by atoms with Crippen molar-refractivity contribution < 1.29 is 19.4 Å². The third-order valence-corrected chi connectivity index (χ3v) is 7.64. The van der Waals surface area contributed by atoms with Crippen LogP contribution in [0.1, 0.15) is 72.1 Å². The van der Waals surface area contributed by atoms with E-state index in [0.717, 1.165) is 30.0 Å². The van der Waals surface area contributed by atoms with Crippen LogP contribution in [0.4, 0.5) is 4.79 Å². The normalized spacial score (nSPS) is 17.3. The SMILES string of the molecule is CSCC[C@H](NC(=O)OC(C)(C)C)C(=O)N[C@@H](CC1CCCCC1)[C@@H](O)CCSc1ccccn1. The molecule has 3 N–H and O–H groups in total. The molecule has 0 aliphatic heterocycles. The molecule has 0 unspecified atom stereocenters. The third-order valence-electron chi connectivity index (χ3n) is 6.02. The van der Waals surface area contributed by atoms with E-state index in [9.17, 15) is 14.7 Å².